The van der Waals surface area contributed by atoms with Crippen LogP contribution in [0, 0.1) is 0 Å². The van der Waals surface area contributed by atoms with E-state index in [-0.39, 0.29) is 0 Å². The Morgan fingerprint density at radius 2 is 2.00 bits per heavy atom. The molecule has 1 unspecified atom stereocenters. The fraction of sp³-hybridized carbons (Fsp3) is 0.500. The van der Waals surface area contributed by atoms with Crippen molar-refractivity contribution in [2.45, 2.75) is 37.4 Å². The normalized spacial score (nSPS) is 18.8. The van der Waals surface area contributed by atoms with E-state index in [1.54, 1.807) is 18.9 Å². The molecule has 4 nitrogen and oxygen atoms in total. The summed E-state index contributed by atoms with van der Waals surface area (Å²) in [6, 6.07) is 13.6. The third kappa shape index (κ3) is 4.84. The summed E-state index contributed by atoms with van der Waals surface area (Å²) in [5, 5.41) is 1.01. The van der Waals surface area contributed by atoms with E-state index in [1.165, 1.54) is 16.7 Å². The lowest BCUT2D eigenvalue weighted by Crippen LogP contribution is -2.46. The topological polar surface area (TPSA) is 28.6 Å². The Balaban J connectivity index is 1.80. The van der Waals surface area contributed by atoms with E-state index in [9.17, 15) is 0 Å². The van der Waals surface area contributed by atoms with Crippen LogP contribution in [0.1, 0.15) is 42.5 Å². The van der Waals surface area contributed by atoms with Crippen molar-refractivity contribution in [3.05, 3.63) is 53.1 Å². The van der Waals surface area contributed by atoms with Crippen molar-refractivity contribution in [2.75, 3.05) is 40.0 Å². The zero-order chi connectivity index (χ0) is 19.4. The molecule has 2 aromatic rings. The number of methoxy groups -OCH3 is 1. The van der Waals surface area contributed by atoms with Crippen LogP contribution in [0.2, 0.25) is 0 Å². The van der Waals surface area contributed by atoms with Crippen LogP contribution in [0.4, 0.5) is 0 Å². The number of piperazine rings is 1. The fourth-order valence-corrected chi connectivity index (χ4v) is 4.29. The molecule has 0 N–H and O–H groups in total. The maximum absolute atomic E-state index is 5.38. The maximum atomic E-state index is 5.38. The van der Waals surface area contributed by atoms with Gasteiger partial charge >= 0.3 is 0 Å². The van der Waals surface area contributed by atoms with Crippen molar-refractivity contribution >= 4 is 11.8 Å². The van der Waals surface area contributed by atoms with Crippen LogP contribution in [0.5, 0.6) is 5.88 Å². The number of hydrogen-bond donors (Lipinski definition) is 0. The summed E-state index contributed by atoms with van der Waals surface area (Å²) in [5.74, 6) is 1.24. The van der Waals surface area contributed by atoms with Crippen LogP contribution in [0.3, 0.4) is 0 Å². The zero-order valence-electron chi connectivity index (χ0n) is 17.1. The third-order valence-corrected chi connectivity index (χ3v) is 6.00. The fourth-order valence-electron chi connectivity index (χ4n) is 3.84. The highest BCUT2D eigenvalue weighted by molar-refractivity contribution is 7.98. The van der Waals surface area contributed by atoms with Gasteiger partial charge in [-0.2, -0.15) is 0 Å². The SMILES string of the molecule is COc1cc(CN2CCN(C)C(c3ccccc3C(C)C)C2)cc(SC)n1. The molecule has 3 rings (SSSR count). The zero-order valence-corrected chi connectivity index (χ0v) is 17.9. The van der Waals surface area contributed by atoms with E-state index in [1.807, 2.05) is 0 Å². The summed E-state index contributed by atoms with van der Waals surface area (Å²) < 4.78 is 5.38. The van der Waals surface area contributed by atoms with Crippen molar-refractivity contribution in [2.24, 2.45) is 0 Å². The van der Waals surface area contributed by atoms with Gasteiger partial charge in [-0.25, -0.2) is 4.98 Å². The number of hydrogen-bond acceptors (Lipinski definition) is 5. The minimum Gasteiger partial charge on any atom is -0.481 e. The average Bonchev–Trinajstić information content (AvgIpc) is 2.69. The van der Waals surface area contributed by atoms with Gasteiger partial charge in [0, 0.05) is 38.3 Å². The molecule has 0 aliphatic carbocycles. The molecule has 0 bridgehead atoms. The number of aromatic nitrogens is 1. The maximum Gasteiger partial charge on any atom is 0.214 e. The first-order valence-electron chi connectivity index (χ1n) is 9.62. The Hall–Kier alpha value is -1.56. The summed E-state index contributed by atoms with van der Waals surface area (Å²) in [6.07, 6.45) is 2.06. The van der Waals surface area contributed by atoms with Crippen molar-refractivity contribution in [1.29, 1.82) is 0 Å². The van der Waals surface area contributed by atoms with Gasteiger partial charge in [-0.15, -0.1) is 11.8 Å². The number of benzene rings is 1. The Bertz CT molecular complexity index is 743. The van der Waals surface area contributed by atoms with Gasteiger partial charge in [-0.3, -0.25) is 9.80 Å². The van der Waals surface area contributed by atoms with Crippen LogP contribution >= 0.6 is 11.8 Å². The molecule has 0 radical (unpaired) electrons. The van der Waals surface area contributed by atoms with Gasteiger partial charge in [0.2, 0.25) is 5.88 Å². The summed E-state index contributed by atoms with van der Waals surface area (Å²) in [4.78, 5) is 9.54. The number of rotatable bonds is 6. The molecule has 1 saturated heterocycles. The number of nitrogens with zero attached hydrogens (tertiary/aromatic N) is 3. The molecule has 1 aromatic carbocycles. The van der Waals surface area contributed by atoms with E-state index in [2.05, 4.69) is 78.3 Å². The highest BCUT2D eigenvalue weighted by atomic mass is 32.2. The first kappa shape index (κ1) is 20.2. The standard InChI is InChI=1S/C22H31N3OS/c1-16(2)18-8-6-7-9-19(18)20-15-25(11-10-24(20)3)14-17-12-21(26-4)23-22(13-17)27-5/h6-9,12-13,16,20H,10-11,14-15H2,1-5H3. The molecule has 1 atom stereocenters. The predicted octanol–water partition coefficient (Wildman–Crippen LogP) is 4.42. The van der Waals surface area contributed by atoms with Crippen molar-refractivity contribution in [3.63, 3.8) is 0 Å². The lowest BCUT2D eigenvalue weighted by molar-refractivity contribution is 0.0898. The van der Waals surface area contributed by atoms with Crippen LogP contribution in [0.15, 0.2) is 41.4 Å². The first-order chi connectivity index (χ1) is 13.0. The molecule has 1 aliphatic rings. The lowest BCUT2D eigenvalue weighted by atomic mass is 9.91. The molecule has 0 amide bonds. The second-order valence-corrected chi connectivity index (χ2v) is 8.40. The van der Waals surface area contributed by atoms with E-state index in [4.69, 9.17) is 4.74 Å². The molecular formula is C22H31N3OS. The lowest BCUT2D eigenvalue weighted by Gasteiger charge is -2.40. The van der Waals surface area contributed by atoms with Crippen LogP contribution < -0.4 is 4.74 Å². The molecule has 146 valence electrons. The Kier molecular flexibility index (Phi) is 6.79. The summed E-state index contributed by atoms with van der Waals surface area (Å²) in [7, 11) is 3.94. The number of likely N-dealkylation sites (N-methyl/N-ethyl adjacent to an activating group) is 1. The predicted molar refractivity (Wildman–Crippen MR) is 114 cm³/mol. The third-order valence-electron chi connectivity index (χ3n) is 5.37. The monoisotopic (exact) mass is 385 g/mol. The number of pyridine rings is 1. The highest BCUT2D eigenvalue weighted by Gasteiger charge is 2.27. The summed E-state index contributed by atoms with van der Waals surface area (Å²) in [5.41, 5.74) is 4.20. The smallest absolute Gasteiger partial charge is 0.214 e. The quantitative estimate of drug-likeness (QED) is 0.686. The second kappa shape index (κ2) is 9.09. The molecule has 1 fully saturated rings. The van der Waals surface area contributed by atoms with Crippen molar-refractivity contribution < 1.29 is 4.74 Å². The molecule has 1 aliphatic heterocycles. The molecule has 5 heteroatoms. The Morgan fingerprint density at radius 1 is 1.22 bits per heavy atom. The highest BCUT2D eigenvalue weighted by Crippen LogP contribution is 2.31. The van der Waals surface area contributed by atoms with Crippen molar-refractivity contribution in [3.8, 4) is 5.88 Å². The van der Waals surface area contributed by atoms with Gasteiger partial charge in [0.05, 0.1) is 7.11 Å². The Morgan fingerprint density at radius 3 is 2.70 bits per heavy atom. The van der Waals surface area contributed by atoms with Gasteiger partial charge in [0.25, 0.3) is 0 Å². The molecular weight excluding hydrogens is 354 g/mol. The minimum atomic E-state index is 0.432. The van der Waals surface area contributed by atoms with Crippen LogP contribution in [0.25, 0.3) is 0 Å². The second-order valence-electron chi connectivity index (χ2n) is 7.58. The van der Waals surface area contributed by atoms with Crippen molar-refractivity contribution in [1.82, 2.24) is 14.8 Å². The minimum absolute atomic E-state index is 0.432. The average molecular weight is 386 g/mol. The molecule has 2 heterocycles. The molecule has 1 aromatic heterocycles. The number of ether oxygens (including phenoxy) is 1. The van der Waals surface area contributed by atoms with E-state index >= 15 is 0 Å². The van der Waals surface area contributed by atoms with E-state index in [0.29, 0.717) is 17.8 Å². The van der Waals surface area contributed by atoms with Crippen LogP contribution in [-0.4, -0.2) is 54.8 Å². The first-order valence-corrected chi connectivity index (χ1v) is 10.8. The molecule has 0 spiro atoms. The van der Waals surface area contributed by atoms with Gasteiger partial charge < -0.3 is 4.74 Å². The summed E-state index contributed by atoms with van der Waals surface area (Å²) in [6.45, 7) is 8.70. The van der Waals surface area contributed by atoms with E-state index < -0.39 is 0 Å². The molecule has 27 heavy (non-hydrogen) atoms. The Labute approximate surface area is 167 Å². The van der Waals surface area contributed by atoms with Gasteiger partial charge in [-0.05, 0) is 42.0 Å². The van der Waals surface area contributed by atoms with Crippen LogP contribution in [-0.2, 0) is 6.54 Å². The van der Waals surface area contributed by atoms with Gasteiger partial charge in [0.1, 0.15) is 5.03 Å². The molecule has 0 saturated carbocycles. The summed E-state index contributed by atoms with van der Waals surface area (Å²) >= 11 is 1.66. The van der Waals surface area contributed by atoms with Gasteiger partial charge in [0.15, 0.2) is 0 Å². The van der Waals surface area contributed by atoms with E-state index in [0.717, 1.165) is 31.2 Å². The largest absolute Gasteiger partial charge is 0.481 e. The van der Waals surface area contributed by atoms with Gasteiger partial charge in [-0.1, -0.05) is 38.1 Å². The number of thioether (sulfide) groups is 1.